The Labute approximate surface area is 104 Å². The summed E-state index contributed by atoms with van der Waals surface area (Å²) in [6, 6.07) is 0. The fourth-order valence-corrected chi connectivity index (χ4v) is 3.44. The normalized spacial score (nSPS) is 16.8. The van der Waals surface area contributed by atoms with Gasteiger partial charge in [-0.25, -0.2) is 0 Å². The Kier molecular flexibility index (Phi) is 6.22. The zero-order valence-electron chi connectivity index (χ0n) is 11.1. The van der Waals surface area contributed by atoms with Gasteiger partial charge in [-0.2, -0.15) is 0 Å². The fourth-order valence-electron chi connectivity index (χ4n) is 2.00. The molecule has 1 fully saturated rings. The standard InChI is InChI=1S/C13H23O3P/c1-4-15-17(14,16-5-2)12(3)11-13-9-7-6-8-10-13/h4-10H2,1-3H3. The molecule has 0 saturated heterocycles. The second-order valence-corrected chi connectivity index (χ2v) is 6.39. The smallest absolute Gasteiger partial charge is 0.305 e. The van der Waals surface area contributed by atoms with Crippen molar-refractivity contribution in [1.82, 2.24) is 0 Å². The van der Waals surface area contributed by atoms with Gasteiger partial charge in [-0.1, -0.05) is 6.42 Å². The summed E-state index contributed by atoms with van der Waals surface area (Å²) in [5.74, 6) is 0. The Morgan fingerprint density at radius 3 is 2.18 bits per heavy atom. The summed E-state index contributed by atoms with van der Waals surface area (Å²) in [6.07, 6.45) is 5.84. The first-order valence-corrected chi connectivity index (χ1v) is 8.01. The molecule has 0 atom stereocenters. The first kappa shape index (κ1) is 14.7. The zero-order chi connectivity index (χ0) is 12.7. The van der Waals surface area contributed by atoms with Crippen molar-refractivity contribution in [2.45, 2.75) is 52.9 Å². The summed E-state index contributed by atoms with van der Waals surface area (Å²) in [5, 5.41) is 0.623. The third-order valence-corrected chi connectivity index (χ3v) is 4.95. The van der Waals surface area contributed by atoms with Gasteiger partial charge in [-0.15, -0.1) is 5.73 Å². The molecule has 4 heteroatoms. The van der Waals surface area contributed by atoms with Gasteiger partial charge in [0.05, 0.1) is 18.5 Å². The largest absolute Gasteiger partial charge is 0.364 e. The summed E-state index contributed by atoms with van der Waals surface area (Å²) < 4.78 is 23.0. The minimum absolute atomic E-state index is 0.394. The van der Waals surface area contributed by atoms with Gasteiger partial charge in [0.25, 0.3) is 0 Å². The lowest BCUT2D eigenvalue weighted by Gasteiger charge is -2.17. The van der Waals surface area contributed by atoms with Crippen LogP contribution in [0.2, 0.25) is 0 Å². The molecular formula is C13H23O3P. The molecule has 1 rings (SSSR count). The number of allylic oxidation sites excluding steroid dienone is 1. The molecule has 1 aliphatic carbocycles. The average molecular weight is 258 g/mol. The molecule has 17 heavy (non-hydrogen) atoms. The lowest BCUT2D eigenvalue weighted by atomic mass is 9.96. The molecule has 0 aliphatic heterocycles. The van der Waals surface area contributed by atoms with Crippen LogP contribution in [0.1, 0.15) is 52.9 Å². The molecule has 98 valence electrons. The van der Waals surface area contributed by atoms with Gasteiger partial charge in [0.15, 0.2) is 0 Å². The second kappa shape index (κ2) is 7.18. The topological polar surface area (TPSA) is 35.5 Å². The molecule has 0 spiro atoms. The molecule has 0 amide bonds. The zero-order valence-corrected chi connectivity index (χ0v) is 12.0. The molecule has 0 aromatic carbocycles. The average Bonchev–Trinajstić information content (AvgIpc) is 2.31. The van der Waals surface area contributed by atoms with E-state index in [-0.39, 0.29) is 0 Å². The van der Waals surface area contributed by atoms with Gasteiger partial charge < -0.3 is 9.05 Å². The van der Waals surface area contributed by atoms with Gasteiger partial charge >= 0.3 is 7.60 Å². The highest BCUT2D eigenvalue weighted by atomic mass is 31.2. The predicted molar refractivity (Wildman–Crippen MR) is 70.2 cm³/mol. The summed E-state index contributed by atoms with van der Waals surface area (Å²) >= 11 is 0. The molecule has 1 aliphatic rings. The third-order valence-electron chi connectivity index (χ3n) is 2.82. The van der Waals surface area contributed by atoms with Gasteiger partial charge in [0.1, 0.15) is 0 Å². The first-order chi connectivity index (χ1) is 8.12. The molecule has 0 aromatic rings. The van der Waals surface area contributed by atoms with Crippen molar-refractivity contribution in [1.29, 1.82) is 0 Å². The fraction of sp³-hybridized carbons (Fsp3) is 0.769. The van der Waals surface area contributed by atoms with Crippen LogP contribution in [0, 0.1) is 0 Å². The SMILES string of the molecule is CCOP(=O)(OCC)C(C)=C=C1CCCCC1. The molecule has 0 bridgehead atoms. The van der Waals surface area contributed by atoms with E-state index in [1.165, 1.54) is 24.8 Å². The van der Waals surface area contributed by atoms with Crippen LogP contribution < -0.4 is 0 Å². The molecule has 0 N–H and O–H groups in total. The summed E-state index contributed by atoms with van der Waals surface area (Å²) in [4.78, 5) is 0. The third kappa shape index (κ3) is 4.44. The van der Waals surface area contributed by atoms with E-state index in [4.69, 9.17) is 9.05 Å². The molecule has 0 aromatic heterocycles. The maximum atomic E-state index is 12.4. The van der Waals surface area contributed by atoms with E-state index in [1.807, 2.05) is 13.8 Å². The van der Waals surface area contributed by atoms with Crippen molar-refractivity contribution >= 4 is 7.60 Å². The van der Waals surface area contributed by atoms with E-state index in [0.29, 0.717) is 18.5 Å². The van der Waals surface area contributed by atoms with E-state index in [1.54, 1.807) is 6.92 Å². The van der Waals surface area contributed by atoms with E-state index in [2.05, 4.69) is 5.73 Å². The Morgan fingerprint density at radius 2 is 1.71 bits per heavy atom. The second-order valence-electron chi connectivity index (χ2n) is 4.21. The van der Waals surface area contributed by atoms with Crippen molar-refractivity contribution in [3.05, 3.63) is 16.6 Å². The van der Waals surface area contributed by atoms with Gasteiger partial charge in [0.2, 0.25) is 0 Å². The Balaban J connectivity index is 2.93. The highest BCUT2D eigenvalue weighted by Gasteiger charge is 2.26. The number of hydrogen-bond acceptors (Lipinski definition) is 3. The lowest BCUT2D eigenvalue weighted by molar-refractivity contribution is 0.226. The van der Waals surface area contributed by atoms with Crippen LogP contribution >= 0.6 is 7.60 Å². The Hall–Kier alpha value is -0.330. The summed E-state index contributed by atoms with van der Waals surface area (Å²) in [7, 11) is -3.09. The minimum Gasteiger partial charge on any atom is -0.305 e. The van der Waals surface area contributed by atoms with Crippen LogP contribution in [-0.4, -0.2) is 13.2 Å². The highest BCUT2D eigenvalue weighted by molar-refractivity contribution is 7.58. The number of hydrogen-bond donors (Lipinski definition) is 0. The Morgan fingerprint density at radius 1 is 1.18 bits per heavy atom. The van der Waals surface area contributed by atoms with E-state index < -0.39 is 7.60 Å². The van der Waals surface area contributed by atoms with Crippen molar-refractivity contribution in [3.8, 4) is 0 Å². The Bertz CT molecular complexity index is 336. The highest BCUT2D eigenvalue weighted by Crippen LogP contribution is 2.55. The predicted octanol–water partition coefficient (Wildman–Crippen LogP) is 4.65. The van der Waals surface area contributed by atoms with Gasteiger partial charge in [-0.3, -0.25) is 4.57 Å². The van der Waals surface area contributed by atoms with E-state index in [9.17, 15) is 4.57 Å². The van der Waals surface area contributed by atoms with Crippen LogP contribution in [0.3, 0.4) is 0 Å². The van der Waals surface area contributed by atoms with Crippen molar-refractivity contribution in [2.24, 2.45) is 0 Å². The van der Waals surface area contributed by atoms with Gasteiger partial charge in [-0.05, 0) is 52.0 Å². The molecule has 0 radical (unpaired) electrons. The van der Waals surface area contributed by atoms with Gasteiger partial charge in [0, 0.05) is 0 Å². The molecule has 0 unspecified atom stereocenters. The number of rotatable bonds is 5. The molecule has 1 saturated carbocycles. The molecular weight excluding hydrogens is 235 g/mol. The monoisotopic (exact) mass is 258 g/mol. The first-order valence-electron chi connectivity index (χ1n) is 6.47. The molecule has 3 nitrogen and oxygen atoms in total. The van der Waals surface area contributed by atoms with Crippen LogP contribution in [-0.2, 0) is 13.6 Å². The van der Waals surface area contributed by atoms with E-state index in [0.717, 1.165) is 12.8 Å². The van der Waals surface area contributed by atoms with Crippen LogP contribution in [0.15, 0.2) is 16.6 Å². The van der Waals surface area contributed by atoms with Crippen LogP contribution in [0.4, 0.5) is 0 Å². The quantitative estimate of drug-likeness (QED) is 0.532. The van der Waals surface area contributed by atoms with Crippen molar-refractivity contribution < 1.29 is 13.6 Å². The van der Waals surface area contributed by atoms with Crippen LogP contribution in [0.25, 0.3) is 0 Å². The summed E-state index contributed by atoms with van der Waals surface area (Å²) in [5.41, 5.74) is 4.51. The maximum absolute atomic E-state index is 12.4. The summed E-state index contributed by atoms with van der Waals surface area (Å²) in [6.45, 7) is 6.24. The lowest BCUT2D eigenvalue weighted by Crippen LogP contribution is -1.97. The van der Waals surface area contributed by atoms with E-state index >= 15 is 0 Å². The maximum Gasteiger partial charge on any atom is 0.364 e. The van der Waals surface area contributed by atoms with Crippen molar-refractivity contribution in [2.75, 3.05) is 13.2 Å². The van der Waals surface area contributed by atoms with Crippen LogP contribution in [0.5, 0.6) is 0 Å². The minimum atomic E-state index is -3.09. The molecule has 0 heterocycles. The van der Waals surface area contributed by atoms with Crippen molar-refractivity contribution in [3.63, 3.8) is 0 Å².